The van der Waals surface area contributed by atoms with Crippen LogP contribution in [0.3, 0.4) is 0 Å². The zero-order valence-corrected chi connectivity index (χ0v) is 53.6. The third-order valence-electron chi connectivity index (χ3n) is 30.4. The molecule has 13 fully saturated rings. The SMILES string of the molecule is CC(=O)O[C@H]1[C@H]2O[C@]23[C@@H]2CC[C@@H]4C[C@@H](O)CC[C@]4(C)[C@H]2CC[C@]3(C)[C@H]1c1ccc(=O)oc1.C[C@]12CC[C@H](O)C[C@H]1CC[C@@H]1[C@@H]2CC[C@]2(C)[C@@H](c3ccc(=O)oc3)CC[C@]12O.C[C@]12CC[C@H](O)C[C@H]1CC[C@@H]1[C@@H]2CC[C@]2(C)[C@@H](c3ccc(=O)oc3)CC[C@]12O. The van der Waals surface area contributed by atoms with Crippen LogP contribution in [0.2, 0.25) is 0 Å². The summed E-state index contributed by atoms with van der Waals surface area (Å²) in [6.45, 7) is 15.7. The highest BCUT2D eigenvalue weighted by Gasteiger charge is 2.85. The van der Waals surface area contributed by atoms with Crippen LogP contribution in [0.25, 0.3) is 0 Å². The van der Waals surface area contributed by atoms with E-state index in [4.69, 9.17) is 22.7 Å². The minimum absolute atomic E-state index is 0.0471. The molecule has 88 heavy (non-hydrogen) atoms. The molecular weight excluding hydrogens is 1110 g/mol. The van der Waals surface area contributed by atoms with Gasteiger partial charge in [0.15, 0.2) is 0 Å². The Hall–Kier alpha value is -3.92. The largest absolute Gasteiger partial charge is 0.459 e. The number of aliphatic hydroxyl groups is 5. The van der Waals surface area contributed by atoms with E-state index >= 15 is 0 Å². The van der Waals surface area contributed by atoms with E-state index in [-0.39, 0.29) is 109 Å². The van der Waals surface area contributed by atoms with Gasteiger partial charge in [-0.05, 0) is 277 Å². The van der Waals surface area contributed by atoms with Gasteiger partial charge < -0.3 is 48.3 Å². The second-order valence-corrected chi connectivity index (χ2v) is 33.2. The first-order valence-corrected chi connectivity index (χ1v) is 34.9. The van der Waals surface area contributed by atoms with Crippen molar-refractivity contribution in [3.8, 4) is 0 Å². The van der Waals surface area contributed by atoms with Crippen molar-refractivity contribution >= 4 is 5.97 Å². The van der Waals surface area contributed by atoms with Crippen LogP contribution < -0.4 is 16.9 Å². The van der Waals surface area contributed by atoms with Crippen LogP contribution in [-0.4, -0.2) is 78.8 Å². The molecule has 5 N–H and O–H groups in total. The standard InChI is InChI=1S/C26H34O6.2C24H34O4/c1-14(27)31-22-21(15-4-7-20(29)30-13-15)25(3)11-9-18-19(26(25)23(22)32-26)6-5-16-12-17(28)8-10-24(16,18)2;2*1-22-10-7-17(25)13-16(22)4-5-20-19(22)8-11-23(2)18(9-12-24(20,23)27)15-3-6-21(26)28-14-15/h4,7,13,16-19,21-23,28H,5-6,8-12H2,1-3H3;2*3,6,14,16-20,25,27H,4-5,7-13H2,1-2H3/t16-,17+,18+,19-,21+,22-,23-,24+,25-,26-;2*16-,17+,18-,19+,20-,22+,23-,24+/m111/s1. The zero-order valence-electron chi connectivity index (χ0n) is 53.6. The molecule has 12 aliphatic carbocycles. The topological polar surface area (TPSA) is 231 Å². The van der Waals surface area contributed by atoms with Crippen LogP contribution in [0.1, 0.15) is 243 Å². The van der Waals surface area contributed by atoms with Crippen molar-refractivity contribution in [3.63, 3.8) is 0 Å². The molecule has 12 saturated carbocycles. The monoisotopic (exact) mass is 1210 g/mol. The number of esters is 1. The lowest BCUT2D eigenvalue weighted by atomic mass is 9.43. The van der Waals surface area contributed by atoms with Crippen molar-refractivity contribution in [1.29, 1.82) is 0 Å². The maximum Gasteiger partial charge on any atom is 0.335 e. The third kappa shape index (κ3) is 8.98. The molecular formula is C74H102O14. The van der Waals surface area contributed by atoms with Gasteiger partial charge >= 0.3 is 22.8 Å². The van der Waals surface area contributed by atoms with Gasteiger partial charge in [-0.25, -0.2) is 14.4 Å². The summed E-state index contributed by atoms with van der Waals surface area (Å²) in [5.74, 6) is 4.77. The first kappa shape index (κ1) is 61.6. The fraction of sp³-hybridized carbons (Fsp3) is 0.784. The highest BCUT2D eigenvalue weighted by molar-refractivity contribution is 5.67. The number of hydrogen-bond acceptors (Lipinski definition) is 14. The summed E-state index contributed by atoms with van der Waals surface area (Å²) in [6.07, 6.45) is 29.5. The van der Waals surface area contributed by atoms with Gasteiger partial charge in [0.2, 0.25) is 0 Å². The fourth-order valence-electron chi connectivity index (χ4n) is 25.7. The Morgan fingerprint density at radius 1 is 0.443 bits per heavy atom. The average Bonchev–Trinajstić information content (AvgIpc) is 1.47. The third-order valence-corrected chi connectivity index (χ3v) is 30.4. The molecule has 14 nitrogen and oxygen atoms in total. The molecule has 14 heteroatoms. The molecule has 4 heterocycles. The van der Waals surface area contributed by atoms with Gasteiger partial charge in [0.05, 0.1) is 48.3 Å². The van der Waals surface area contributed by atoms with Crippen LogP contribution >= 0.6 is 0 Å². The number of aliphatic hydroxyl groups excluding tert-OH is 3. The number of fused-ring (bicyclic) bond motifs is 13. The Bertz CT molecular complexity index is 3120. The molecule has 1 saturated heterocycles. The molecule has 0 radical (unpaired) electrons. The minimum atomic E-state index is -0.638. The van der Waals surface area contributed by atoms with Crippen LogP contribution in [0.5, 0.6) is 0 Å². The van der Waals surface area contributed by atoms with Crippen LogP contribution in [0.15, 0.2) is 82.8 Å². The molecule has 1 aliphatic heterocycles. The number of carbonyl (C=O) groups excluding carboxylic acids is 1. The van der Waals surface area contributed by atoms with Gasteiger partial charge in [0, 0.05) is 47.3 Å². The predicted octanol–water partition coefficient (Wildman–Crippen LogP) is 12.3. The molecule has 0 amide bonds. The Kier molecular flexibility index (Phi) is 15.1. The maximum absolute atomic E-state index is 12.2. The van der Waals surface area contributed by atoms with Gasteiger partial charge in [-0.1, -0.05) is 41.5 Å². The van der Waals surface area contributed by atoms with E-state index in [1.807, 2.05) is 18.2 Å². The highest BCUT2D eigenvalue weighted by atomic mass is 16.7. The second-order valence-electron chi connectivity index (χ2n) is 33.2. The molecule has 0 unspecified atom stereocenters. The Balaban J connectivity index is 0.000000116. The Morgan fingerprint density at radius 2 is 0.818 bits per heavy atom. The normalized spacial score (nSPS) is 50.7. The second kappa shape index (κ2) is 21.6. The summed E-state index contributed by atoms with van der Waals surface area (Å²) in [7, 11) is 0. The van der Waals surface area contributed by atoms with Gasteiger partial charge in [-0.2, -0.15) is 0 Å². The molecule has 16 rings (SSSR count). The highest BCUT2D eigenvalue weighted by Crippen LogP contribution is 2.79. The smallest absolute Gasteiger partial charge is 0.335 e. The Labute approximate surface area is 519 Å². The van der Waals surface area contributed by atoms with Gasteiger partial charge in [0.25, 0.3) is 0 Å². The molecule has 3 aromatic heterocycles. The summed E-state index contributed by atoms with van der Waals surface area (Å²) in [5.41, 5.74) is 0.758. The Morgan fingerprint density at radius 3 is 1.20 bits per heavy atom. The van der Waals surface area contributed by atoms with E-state index in [2.05, 4.69) is 41.5 Å². The molecule has 0 bridgehead atoms. The van der Waals surface area contributed by atoms with E-state index in [9.17, 15) is 44.7 Å². The summed E-state index contributed by atoms with van der Waals surface area (Å²) < 4.78 is 28.1. The van der Waals surface area contributed by atoms with E-state index in [0.717, 1.165) is 164 Å². The molecule has 3 aromatic rings. The van der Waals surface area contributed by atoms with Gasteiger partial charge in [-0.3, -0.25) is 4.79 Å². The summed E-state index contributed by atoms with van der Waals surface area (Å²) in [4.78, 5) is 46.5. The molecule has 0 aromatic carbocycles. The molecule has 482 valence electrons. The summed E-state index contributed by atoms with van der Waals surface area (Å²) >= 11 is 0. The fourth-order valence-corrected chi connectivity index (χ4v) is 25.7. The van der Waals surface area contributed by atoms with Gasteiger partial charge in [-0.15, -0.1) is 0 Å². The summed E-state index contributed by atoms with van der Waals surface area (Å²) in [5, 5.41) is 55.0. The lowest BCUT2D eigenvalue weighted by molar-refractivity contribution is -0.205. The van der Waals surface area contributed by atoms with E-state index in [1.54, 1.807) is 18.8 Å². The van der Waals surface area contributed by atoms with Crippen LogP contribution in [-0.2, 0) is 14.3 Å². The molecule has 1 spiro atoms. The van der Waals surface area contributed by atoms with E-state index in [0.29, 0.717) is 53.3 Å². The van der Waals surface area contributed by atoms with Crippen molar-refractivity contribution in [1.82, 2.24) is 0 Å². The van der Waals surface area contributed by atoms with Crippen LogP contribution in [0, 0.1) is 85.8 Å². The minimum Gasteiger partial charge on any atom is -0.459 e. The predicted molar refractivity (Wildman–Crippen MR) is 330 cm³/mol. The van der Waals surface area contributed by atoms with Crippen molar-refractivity contribution in [2.24, 2.45) is 85.8 Å². The van der Waals surface area contributed by atoms with Crippen LogP contribution in [0.4, 0.5) is 0 Å². The zero-order chi connectivity index (χ0) is 61.9. The van der Waals surface area contributed by atoms with E-state index in [1.165, 1.54) is 38.0 Å². The van der Waals surface area contributed by atoms with Gasteiger partial charge in [0.1, 0.15) is 17.8 Å². The first-order valence-electron chi connectivity index (χ1n) is 34.9. The van der Waals surface area contributed by atoms with E-state index < -0.39 is 11.2 Å². The number of epoxide rings is 1. The average molecular weight is 1220 g/mol. The number of ether oxygens (including phenoxy) is 2. The van der Waals surface area contributed by atoms with Crippen molar-refractivity contribution in [3.05, 3.63) is 103 Å². The quantitative estimate of drug-likeness (QED) is 0.121. The van der Waals surface area contributed by atoms with Crippen molar-refractivity contribution < 1.29 is 53.1 Å². The number of carbonyl (C=O) groups is 1. The first-order chi connectivity index (χ1) is 41.8. The maximum atomic E-state index is 12.2. The van der Waals surface area contributed by atoms with Crippen molar-refractivity contribution in [2.75, 3.05) is 0 Å². The molecule has 26 atom stereocenters. The number of rotatable bonds is 4. The van der Waals surface area contributed by atoms with Crippen molar-refractivity contribution in [2.45, 2.75) is 274 Å². The lowest BCUT2D eigenvalue weighted by Gasteiger charge is -2.63. The summed E-state index contributed by atoms with van der Waals surface area (Å²) in [6, 6.07) is 10.1. The lowest BCUT2D eigenvalue weighted by Crippen LogP contribution is -2.62. The molecule has 13 aliphatic rings. The number of hydrogen-bond donors (Lipinski definition) is 5.